The lowest BCUT2D eigenvalue weighted by Crippen LogP contribution is -2.51. The van der Waals surface area contributed by atoms with Gasteiger partial charge in [0.25, 0.3) is 0 Å². The summed E-state index contributed by atoms with van der Waals surface area (Å²) in [5.41, 5.74) is 1.81. The van der Waals surface area contributed by atoms with Crippen LogP contribution in [0.2, 0.25) is 0 Å². The van der Waals surface area contributed by atoms with Crippen LogP contribution in [-0.4, -0.2) is 32.7 Å². The minimum atomic E-state index is -3.59. The third-order valence-electron chi connectivity index (χ3n) is 4.15. The SMILES string of the molecule is CCc1ccc(N(CC(C)(C)C)C(=O)C2CCCNS2(=O)=O)cc1. The van der Waals surface area contributed by atoms with Gasteiger partial charge in [0.05, 0.1) is 0 Å². The third kappa shape index (κ3) is 4.57. The molecule has 24 heavy (non-hydrogen) atoms. The van der Waals surface area contributed by atoms with Crippen LogP contribution in [0.15, 0.2) is 24.3 Å². The van der Waals surface area contributed by atoms with Crippen LogP contribution < -0.4 is 9.62 Å². The molecule has 1 fully saturated rings. The largest absolute Gasteiger partial charge is 0.311 e. The van der Waals surface area contributed by atoms with Crippen LogP contribution in [0.3, 0.4) is 0 Å². The van der Waals surface area contributed by atoms with Crippen molar-refractivity contribution < 1.29 is 13.2 Å². The van der Waals surface area contributed by atoms with Crippen molar-refractivity contribution in [3.05, 3.63) is 29.8 Å². The summed E-state index contributed by atoms with van der Waals surface area (Å²) in [6, 6.07) is 7.80. The Hall–Kier alpha value is -1.40. The van der Waals surface area contributed by atoms with Gasteiger partial charge in [0.2, 0.25) is 15.9 Å². The van der Waals surface area contributed by atoms with Crippen molar-refractivity contribution in [3.63, 3.8) is 0 Å². The second-order valence-corrected chi connectivity index (χ2v) is 9.52. The number of hydrogen-bond acceptors (Lipinski definition) is 3. The van der Waals surface area contributed by atoms with Gasteiger partial charge in [-0.05, 0) is 42.4 Å². The molecule has 1 aliphatic heterocycles. The van der Waals surface area contributed by atoms with Gasteiger partial charge in [0.1, 0.15) is 0 Å². The molecule has 134 valence electrons. The standard InChI is InChI=1S/C18H28N2O3S/c1-5-14-8-10-15(11-9-14)20(13-18(2,3)4)17(21)16-7-6-12-19-24(16,22)23/h8-11,16,19H,5-7,12-13H2,1-4H3. The van der Waals surface area contributed by atoms with E-state index in [1.165, 1.54) is 5.56 Å². The monoisotopic (exact) mass is 352 g/mol. The van der Waals surface area contributed by atoms with Crippen molar-refractivity contribution in [2.75, 3.05) is 18.0 Å². The second kappa shape index (κ2) is 7.23. The Bertz CT molecular complexity index is 675. The predicted molar refractivity (Wildman–Crippen MR) is 97.6 cm³/mol. The summed E-state index contributed by atoms with van der Waals surface area (Å²) in [5, 5.41) is -1.00. The number of rotatable bonds is 4. The van der Waals surface area contributed by atoms with Crippen LogP contribution in [0, 0.1) is 5.41 Å². The molecule has 1 unspecified atom stereocenters. The van der Waals surface area contributed by atoms with Gasteiger partial charge >= 0.3 is 0 Å². The molecule has 0 aliphatic carbocycles. The van der Waals surface area contributed by atoms with E-state index in [2.05, 4.69) is 11.6 Å². The normalized spacial score (nSPS) is 20.6. The Labute approximate surface area is 145 Å². The van der Waals surface area contributed by atoms with E-state index in [9.17, 15) is 13.2 Å². The molecule has 0 bridgehead atoms. The van der Waals surface area contributed by atoms with Gasteiger partial charge in [-0.2, -0.15) is 0 Å². The summed E-state index contributed by atoms with van der Waals surface area (Å²) >= 11 is 0. The Morgan fingerprint density at radius 3 is 2.38 bits per heavy atom. The summed E-state index contributed by atoms with van der Waals surface area (Å²) < 4.78 is 27.0. The summed E-state index contributed by atoms with van der Waals surface area (Å²) in [6.07, 6.45) is 1.99. The Kier molecular flexibility index (Phi) is 5.71. The van der Waals surface area contributed by atoms with Crippen LogP contribution >= 0.6 is 0 Å². The van der Waals surface area contributed by atoms with Gasteiger partial charge in [-0.25, -0.2) is 13.1 Å². The average Bonchev–Trinajstić information content (AvgIpc) is 2.51. The Morgan fingerprint density at radius 2 is 1.88 bits per heavy atom. The van der Waals surface area contributed by atoms with Crippen molar-refractivity contribution in [1.29, 1.82) is 0 Å². The highest BCUT2D eigenvalue weighted by Gasteiger charge is 2.38. The van der Waals surface area contributed by atoms with Crippen LogP contribution in [0.5, 0.6) is 0 Å². The number of aryl methyl sites for hydroxylation is 1. The van der Waals surface area contributed by atoms with E-state index in [1.807, 2.05) is 45.0 Å². The van der Waals surface area contributed by atoms with Crippen LogP contribution in [0.1, 0.15) is 46.1 Å². The van der Waals surface area contributed by atoms with Crippen molar-refractivity contribution in [2.45, 2.75) is 52.2 Å². The molecule has 6 heteroatoms. The number of nitrogens with zero attached hydrogens (tertiary/aromatic N) is 1. The Morgan fingerprint density at radius 1 is 1.25 bits per heavy atom. The third-order valence-corrected chi connectivity index (χ3v) is 5.94. The first-order valence-corrected chi connectivity index (χ1v) is 10.1. The number of amides is 1. The van der Waals surface area contributed by atoms with Crippen LogP contribution in [0.25, 0.3) is 0 Å². The highest BCUT2D eigenvalue weighted by Crippen LogP contribution is 2.26. The van der Waals surface area contributed by atoms with Crippen LogP contribution in [-0.2, 0) is 21.2 Å². The number of carbonyl (C=O) groups excluding carboxylic acids is 1. The van der Waals surface area contributed by atoms with E-state index in [0.29, 0.717) is 25.9 Å². The minimum absolute atomic E-state index is 0.134. The van der Waals surface area contributed by atoms with Gasteiger partial charge in [0, 0.05) is 18.8 Å². The first-order valence-electron chi connectivity index (χ1n) is 8.53. The molecule has 1 aromatic carbocycles. The number of nitrogens with one attached hydrogen (secondary N) is 1. The van der Waals surface area contributed by atoms with E-state index in [-0.39, 0.29) is 11.3 Å². The molecular formula is C18H28N2O3S. The topological polar surface area (TPSA) is 66.5 Å². The molecule has 5 nitrogen and oxygen atoms in total. The second-order valence-electron chi connectivity index (χ2n) is 7.58. The molecule has 0 aromatic heterocycles. The summed E-state index contributed by atoms with van der Waals surface area (Å²) in [5.74, 6) is -0.332. The van der Waals surface area contributed by atoms with Crippen molar-refractivity contribution >= 4 is 21.6 Å². The lowest BCUT2D eigenvalue weighted by molar-refractivity contribution is -0.118. The summed E-state index contributed by atoms with van der Waals surface area (Å²) in [6.45, 7) is 9.09. The van der Waals surface area contributed by atoms with Gasteiger partial charge < -0.3 is 4.90 Å². The van der Waals surface area contributed by atoms with E-state index in [0.717, 1.165) is 12.1 Å². The maximum atomic E-state index is 13.1. The highest BCUT2D eigenvalue weighted by molar-refractivity contribution is 7.91. The lowest BCUT2D eigenvalue weighted by Gasteiger charge is -2.34. The number of sulfonamides is 1. The maximum absolute atomic E-state index is 13.1. The fraction of sp³-hybridized carbons (Fsp3) is 0.611. The molecule has 1 atom stereocenters. The molecular weight excluding hydrogens is 324 g/mol. The quantitative estimate of drug-likeness (QED) is 0.906. The van der Waals surface area contributed by atoms with Crippen molar-refractivity contribution in [2.24, 2.45) is 5.41 Å². The molecule has 0 spiro atoms. The zero-order valence-corrected chi connectivity index (χ0v) is 15.8. The van der Waals surface area contributed by atoms with Crippen LogP contribution in [0.4, 0.5) is 5.69 Å². The molecule has 1 saturated heterocycles. The fourth-order valence-corrected chi connectivity index (χ4v) is 4.37. The molecule has 0 saturated carbocycles. The van der Waals surface area contributed by atoms with E-state index in [4.69, 9.17) is 0 Å². The predicted octanol–water partition coefficient (Wildman–Crippen LogP) is 2.71. The molecule has 1 aromatic rings. The average molecular weight is 352 g/mol. The smallest absolute Gasteiger partial charge is 0.246 e. The molecule has 1 N–H and O–H groups in total. The first kappa shape index (κ1) is 18.9. The van der Waals surface area contributed by atoms with E-state index in [1.54, 1.807) is 4.90 Å². The Balaban J connectivity index is 2.36. The molecule has 1 heterocycles. The maximum Gasteiger partial charge on any atom is 0.246 e. The van der Waals surface area contributed by atoms with E-state index >= 15 is 0 Å². The van der Waals surface area contributed by atoms with Crippen molar-refractivity contribution in [1.82, 2.24) is 4.72 Å². The van der Waals surface area contributed by atoms with Crippen molar-refractivity contribution in [3.8, 4) is 0 Å². The van der Waals surface area contributed by atoms with Gasteiger partial charge in [-0.15, -0.1) is 0 Å². The molecule has 0 radical (unpaired) electrons. The first-order chi connectivity index (χ1) is 11.1. The molecule has 1 aliphatic rings. The molecule has 2 rings (SSSR count). The minimum Gasteiger partial charge on any atom is -0.311 e. The van der Waals surface area contributed by atoms with Gasteiger partial charge in [-0.3, -0.25) is 4.79 Å². The zero-order valence-electron chi connectivity index (χ0n) is 15.0. The number of carbonyl (C=O) groups is 1. The lowest BCUT2D eigenvalue weighted by atomic mass is 9.95. The fourth-order valence-electron chi connectivity index (χ4n) is 2.87. The summed E-state index contributed by atoms with van der Waals surface area (Å²) in [4.78, 5) is 14.7. The molecule has 1 amide bonds. The number of benzene rings is 1. The highest BCUT2D eigenvalue weighted by atomic mass is 32.2. The van der Waals surface area contributed by atoms with E-state index < -0.39 is 15.3 Å². The van der Waals surface area contributed by atoms with Gasteiger partial charge in [0.15, 0.2) is 5.25 Å². The zero-order chi connectivity index (χ0) is 18.0. The summed E-state index contributed by atoms with van der Waals surface area (Å²) in [7, 11) is -3.59. The number of hydrogen-bond donors (Lipinski definition) is 1. The van der Waals surface area contributed by atoms with Gasteiger partial charge in [-0.1, -0.05) is 39.8 Å². The number of anilines is 1.